The van der Waals surface area contributed by atoms with E-state index >= 15 is 0 Å². The maximum Gasteiger partial charge on any atom is 0.314 e. The summed E-state index contributed by atoms with van der Waals surface area (Å²) in [5.41, 5.74) is 6.04. The number of carbonyl (C=O) groups excluding carboxylic acids is 2. The van der Waals surface area contributed by atoms with Gasteiger partial charge in [-0.2, -0.15) is 5.10 Å². The van der Waals surface area contributed by atoms with Gasteiger partial charge in [-0.15, -0.1) is 0 Å². The van der Waals surface area contributed by atoms with Gasteiger partial charge in [0.05, 0.1) is 12.3 Å². The van der Waals surface area contributed by atoms with Gasteiger partial charge in [-0.25, -0.2) is 0 Å². The molecule has 4 aromatic rings. The Morgan fingerprint density at radius 1 is 0.812 bits per heavy atom. The van der Waals surface area contributed by atoms with Crippen molar-refractivity contribution in [2.45, 2.75) is 6.42 Å². The molecule has 0 atom stereocenters. The molecule has 32 heavy (non-hydrogen) atoms. The molecule has 158 valence electrons. The number of hydrogen-bond acceptors (Lipinski definition) is 4. The van der Waals surface area contributed by atoms with Crippen LogP contribution in [0.2, 0.25) is 0 Å². The van der Waals surface area contributed by atoms with Gasteiger partial charge in [0, 0.05) is 24.0 Å². The van der Waals surface area contributed by atoms with Crippen molar-refractivity contribution < 1.29 is 14.3 Å². The minimum Gasteiger partial charge on any atom is -0.493 e. The molecule has 0 spiro atoms. The number of H-pyrrole nitrogens is 1. The molecule has 3 N–H and O–H groups in total. The highest BCUT2D eigenvalue weighted by atomic mass is 16.5. The summed E-state index contributed by atoms with van der Waals surface area (Å²) >= 11 is 0. The van der Waals surface area contributed by atoms with Gasteiger partial charge in [0.25, 0.3) is 0 Å². The molecular formula is C25H20N4O3. The number of ether oxygens (including phenoxy) is 1. The first-order valence-corrected chi connectivity index (χ1v) is 10.2. The van der Waals surface area contributed by atoms with Crippen LogP contribution in [0.3, 0.4) is 0 Å². The topological polar surface area (TPSA) is 96.1 Å². The fraction of sp³-hybridized carbons (Fsp3) is 0.0800. The third-order valence-electron chi connectivity index (χ3n) is 5.30. The Balaban J connectivity index is 1.25. The minimum absolute atomic E-state index is 0.530. The van der Waals surface area contributed by atoms with E-state index in [2.05, 4.69) is 26.9 Å². The monoisotopic (exact) mass is 424 g/mol. The summed E-state index contributed by atoms with van der Waals surface area (Å²) in [6, 6.07) is 22.5. The molecule has 7 nitrogen and oxygen atoms in total. The van der Waals surface area contributed by atoms with E-state index in [1.165, 1.54) is 5.56 Å². The lowest BCUT2D eigenvalue weighted by Crippen LogP contribution is -2.29. The van der Waals surface area contributed by atoms with E-state index in [4.69, 9.17) is 4.74 Å². The van der Waals surface area contributed by atoms with Crippen molar-refractivity contribution in [3.8, 4) is 28.1 Å². The van der Waals surface area contributed by atoms with Crippen LogP contribution in [-0.2, 0) is 16.0 Å². The van der Waals surface area contributed by atoms with Crippen LogP contribution < -0.4 is 15.4 Å². The lowest BCUT2D eigenvalue weighted by Gasteiger charge is -2.09. The number of amides is 2. The van der Waals surface area contributed by atoms with Gasteiger partial charge in [-0.1, -0.05) is 30.3 Å². The van der Waals surface area contributed by atoms with Crippen LogP contribution in [0.4, 0.5) is 11.4 Å². The van der Waals surface area contributed by atoms with E-state index in [-0.39, 0.29) is 0 Å². The summed E-state index contributed by atoms with van der Waals surface area (Å²) in [7, 11) is 0. The number of anilines is 2. The van der Waals surface area contributed by atoms with Gasteiger partial charge < -0.3 is 15.4 Å². The minimum atomic E-state index is -0.737. The van der Waals surface area contributed by atoms with Crippen LogP contribution >= 0.6 is 0 Å². The number of nitrogens with one attached hydrogen (secondary N) is 3. The number of nitrogens with zero attached hydrogens (tertiary/aromatic N) is 1. The molecule has 0 fully saturated rings. The van der Waals surface area contributed by atoms with E-state index in [9.17, 15) is 9.59 Å². The number of aromatic amines is 1. The standard InChI is InChI=1S/C25H20N4O3/c30-24(27-20-7-4-16(5-8-20)22-10-12-26-29-22)25(31)28-21-3-1-2-17(15-21)18-6-9-23-19(14-18)11-13-32-23/h1-10,12,14-15H,11,13H2,(H,26,29)(H,27,30)(H,28,31). The summed E-state index contributed by atoms with van der Waals surface area (Å²) in [6.45, 7) is 0.704. The quantitative estimate of drug-likeness (QED) is 0.427. The second-order valence-electron chi connectivity index (χ2n) is 7.46. The summed E-state index contributed by atoms with van der Waals surface area (Å²) in [6.07, 6.45) is 2.56. The molecule has 2 amide bonds. The molecule has 0 saturated heterocycles. The second-order valence-corrected chi connectivity index (χ2v) is 7.46. The first kappa shape index (κ1) is 19.6. The van der Waals surface area contributed by atoms with Crippen LogP contribution in [0.5, 0.6) is 5.75 Å². The first-order chi connectivity index (χ1) is 15.7. The van der Waals surface area contributed by atoms with E-state index in [1.54, 1.807) is 24.4 Å². The molecule has 5 rings (SSSR count). The molecule has 0 aliphatic carbocycles. The zero-order chi connectivity index (χ0) is 21.9. The lowest BCUT2D eigenvalue weighted by molar-refractivity contribution is -0.132. The summed E-state index contributed by atoms with van der Waals surface area (Å²) in [4.78, 5) is 24.8. The van der Waals surface area contributed by atoms with E-state index in [0.29, 0.717) is 18.0 Å². The third-order valence-corrected chi connectivity index (χ3v) is 5.30. The molecule has 0 bridgehead atoms. The fourth-order valence-electron chi connectivity index (χ4n) is 3.67. The van der Waals surface area contributed by atoms with Crippen molar-refractivity contribution in [2.24, 2.45) is 0 Å². The molecular weight excluding hydrogens is 404 g/mol. The molecule has 1 aromatic heterocycles. The molecule has 0 unspecified atom stereocenters. The van der Waals surface area contributed by atoms with Crippen LogP contribution in [0.1, 0.15) is 5.56 Å². The number of fused-ring (bicyclic) bond motifs is 1. The van der Waals surface area contributed by atoms with Crippen molar-refractivity contribution in [2.75, 3.05) is 17.2 Å². The predicted molar refractivity (Wildman–Crippen MR) is 122 cm³/mol. The Morgan fingerprint density at radius 2 is 1.56 bits per heavy atom. The normalized spacial score (nSPS) is 12.0. The SMILES string of the molecule is O=C(Nc1ccc(-c2ccn[nH]2)cc1)C(=O)Nc1cccc(-c2ccc3c(c2)CCO3)c1. The highest BCUT2D eigenvalue weighted by Gasteiger charge is 2.16. The molecule has 1 aliphatic rings. The number of benzene rings is 3. The highest BCUT2D eigenvalue weighted by Crippen LogP contribution is 2.31. The molecule has 0 saturated carbocycles. The van der Waals surface area contributed by atoms with E-state index in [0.717, 1.165) is 34.6 Å². The number of rotatable bonds is 4. The molecule has 3 aromatic carbocycles. The number of carbonyl (C=O) groups is 2. The Hall–Kier alpha value is -4.39. The van der Waals surface area contributed by atoms with Gasteiger partial charge in [-0.3, -0.25) is 14.7 Å². The highest BCUT2D eigenvalue weighted by molar-refractivity contribution is 6.43. The Morgan fingerprint density at radius 3 is 2.34 bits per heavy atom. The van der Waals surface area contributed by atoms with Crippen molar-refractivity contribution in [1.82, 2.24) is 10.2 Å². The lowest BCUT2D eigenvalue weighted by atomic mass is 10.0. The van der Waals surface area contributed by atoms with Crippen molar-refractivity contribution >= 4 is 23.2 Å². The second kappa shape index (κ2) is 8.39. The Labute approximate surface area is 184 Å². The van der Waals surface area contributed by atoms with E-state index in [1.807, 2.05) is 48.5 Å². The molecule has 1 aliphatic heterocycles. The van der Waals surface area contributed by atoms with Gasteiger partial charge in [0.2, 0.25) is 0 Å². The third kappa shape index (κ3) is 4.09. The molecule has 7 heteroatoms. The van der Waals surface area contributed by atoms with Crippen molar-refractivity contribution in [1.29, 1.82) is 0 Å². The van der Waals surface area contributed by atoms with Gasteiger partial charge in [0.15, 0.2) is 0 Å². The first-order valence-electron chi connectivity index (χ1n) is 10.2. The average Bonchev–Trinajstić information content (AvgIpc) is 3.51. The van der Waals surface area contributed by atoms with Gasteiger partial charge in [-0.05, 0) is 64.7 Å². The van der Waals surface area contributed by atoms with Gasteiger partial charge in [0.1, 0.15) is 5.75 Å². The largest absolute Gasteiger partial charge is 0.493 e. The maximum absolute atomic E-state index is 12.4. The summed E-state index contributed by atoms with van der Waals surface area (Å²) in [5.74, 6) is -0.547. The molecule has 2 heterocycles. The molecule has 0 radical (unpaired) electrons. The number of aromatic nitrogens is 2. The van der Waals surface area contributed by atoms with Crippen molar-refractivity contribution in [3.63, 3.8) is 0 Å². The summed E-state index contributed by atoms with van der Waals surface area (Å²) in [5, 5.41) is 12.1. The zero-order valence-electron chi connectivity index (χ0n) is 17.1. The zero-order valence-corrected chi connectivity index (χ0v) is 17.1. The fourth-order valence-corrected chi connectivity index (χ4v) is 3.67. The van der Waals surface area contributed by atoms with Gasteiger partial charge >= 0.3 is 11.8 Å². The average molecular weight is 424 g/mol. The van der Waals surface area contributed by atoms with E-state index < -0.39 is 11.8 Å². The van der Waals surface area contributed by atoms with Crippen LogP contribution in [0.25, 0.3) is 22.4 Å². The maximum atomic E-state index is 12.4. The predicted octanol–water partition coefficient (Wildman–Crippen LogP) is 4.26. The summed E-state index contributed by atoms with van der Waals surface area (Å²) < 4.78 is 5.56. The van der Waals surface area contributed by atoms with Crippen LogP contribution in [0.15, 0.2) is 79.0 Å². The smallest absolute Gasteiger partial charge is 0.314 e. The van der Waals surface area contributed by atoms with Crippen LogP contribution in [-0.4, -0.2) is 28.6 Å². The van der Waals surface area contributed by atoms with Crippen LogP contribution in [0, 0.1) is 0 Å². The Bertz CT molecular complexity index is 1280. The Kier molecular flexibility index (Phi) is 5.13. The van der Waals surface area contributed by atoms with Crippen molar-refractivity contribution in [3.05, 3.63) is 84.6 Å². The number of hydrogen-bond donors (Lipinski definition) is 3.